The van der Waals surface area contributed by atoms with Gasteiger partial charge in [-0.05, 0) is 12.1 Å². The van der Waals surface area contributed by atoms with Gasteiger partial charge in [0.2, 0.25) is 5.91 Å². The van der Waals surface area contributed by atoms with Crippen molar-refractivity contribution in [3.05, 3.63) is 35.4 Å². The molecule has 0 fully saturated rings. The van der Waals surface area contributed by atoms with Gasteiger partial charge in [-0.25, -0.2) is 0 Å². The van der Waals surface area contributed by atoms with Crippen LogP contribution in [0.15, 0.2) is 24.3 Å². The van der Waals surface area contributed by atoms with E-state index in [4.69, 9.17) is 0 Å². The number of nitrogens with one attached hydrogen (secondary N) is 1. The number of carbonyl (C=O) groups is 2. The van der Waals surface area contributed by atoms with Crippen molar-refractivity contribution in [2.45, 2.75) is 6.18 Å². The molecule has 0 heterocycles. The molecule has 0 aliphatic carbocycles. The van der Waals surface area contributed by atoms with E-state index in [1.807, 2.05) is 0 Å². The van der Waals surface area contributed by atoms with E-state index in [9.17, 15) is 22.8 Å². The molecule has 0 saturated heterocycles. The zero-order valence-electron chi connectivity index (χ0n) is 9.05. The molecule has 3 nitrogen and oxygen atoms in total. The second-order valence-electron chi connectivity index (χ2n) is 3.41. The molecule has 18 heavy (non-hydrogen) atoms. The molecule has 0 spiro atoms. The number of hydrogen-bond donors (Lipinski definition) is 1. The lowest BCUT2D eigenvalue weighted by molar-refractivity contribution is -0.137. The normalized spacial score (nSPS) is 11.1. The van der Waals surface area contributed by atoms with Gasteiger partial charge in [0.05, 0.1) is 17.4 Å². The van der Waals surface area contributed by atoms with Gasteiger partial charge in [-0.1, -0.05) is 28.1 Å². The third-order valence-corrected chi connectivity index (χ3v) is 2.61. The third kappa shape index (κ3) is 4.14. The van der Waals surface area contributed by atoms with Gasteiger partial charge in [0.1, 0.15) is 0 Å². The van der Waals surface area contributed by atoms with Crippen LogP contribution in [-0.2, 0) is 11.0 Å². The average Bonchev–Trinajstić information content (AvgIpc) is 2.34. The van der Waals surface area contributed by atoms with Gasteiger partial charge in [-0.3, -0.25) is 9.59 Å². The molecule has 0 aliphatic rings. The largest absolute Gasteiger partial charge is 0.416 e. The zero-order valence-corrected chi connectivity index (χ0v) is 10.6. The molecule has 0 radical (unpaired) electrons. The van der Waals surface area contributed by atoms with Crippen LogP contribution in [0.2, 0.25) is 0 Å². The molecule has 0 unspecified atom stereocenters. The fourth-order valence-electron chi connectivity index (χ4n) is 1.17. The Balaban J connectivity index is 2.68. The molecule has 0 bridgehead atoms. The van der Waals surface area contributed by atoms with Crippen molar-refractivity contribution in [2.24, 2.45) is 0 Å². The summed E-state index contributed by atoms with van der Waals surface area (Å²) < 4.78 is 36.8. The van der Waals surface area contributed by atoms with Gasteiger partial charge in [-0.2, -0.15) is 13.2 Å². The van der Waals surface area contributed by atoms with E-state index in [1.165, 1.54) is 0 Å². The van der Waals surface area contributed by atoms with Crippen LogP contribution in [0, 0.1) is 0 Å². The van der Waals surface area contributed by atoms with Gasteiger partial charge < -0.3 is 5.32 Å². The smallest absolute Gasteiger partial charge is 0.348 e. The lowest BCUT2D eigenvalue weighted by atomic mass is 10.1. The van der Waals surface area contributed by atoms with Gasteiger partial charge in [0.25, 0.3) is 0 Å². The van der Waals surface area contributed by atoms with E-state index >= 15 is 0 Å². The topological polar surface area (TPSA) is 46.2 Å². The first kappa shape index (κ1) is 14.7. The molecule has 98 valence electrons. The Kier molecular flexibility index (Phi) is 4.89. The Hall–Kier alpha value is -1.37. The molecule has 1 rings (SSSR count). The SMILES string of the molecule is O=C(CBr)NCC(=O)c1ccc(C(F)(F)F)cc1. The predicted molar refractivity (Wildman–Crippen MR) is 62.6 cm³/mol. The maximum atomic E-state index is 12.3. The maximum Gasteiger partial charge on any atom is 0.416 e. The molecular weight excluding hydrogens is 315 g/mol. The van der Waals surface area contributed by atoms with Crippen LogP contribution in [-0.4, -0.2) is 23.6 Å². The molecule has 0 atom stereocenters. The summed E-state index contributed by atoms with van der Waals surface area (Å²) in [5, 5.41) is 2.38. The summed E-state index contributed by atoms with van der Waals surface area (Å²) in [5.74, 6) is -0.812. The molecule has 0 saturated carbocycles. The van der Waals surface area contributed by atoms with Crippen molar-refractivity contribution in [3.8, 4) is 0 Å². The minimum absolute atomic E-state index is 0.0628. The molecule has 1 amide bonds. The van der Waals surface area contributed by atoms with Crippen molar-refractivity contribution in [1.82, 2.24) is 5.32 Å². The summed E-state index contributed by atoms with van der Waals surface area (Å²) in [7, 11) is 0. The van der Waals surface area contributed by atoms with E-state index in [2.05, 4.69) is 21.2 Å². The minimum Gasteiger partial charge on any atom is -0.348 e. The van der Waals surface area contributed by atoms with E-state index in [0.717, 1.165) is 24.3 Å². The van der Waals surface area contributed by atoms with Gasteiger partial charge in [-0.15, -0.1) is 0 Å². The number of alkyl halides is 4. The number of amides is 1. The van der Waals surface area contributed by atoms with Crippen molar-refractivity contribution in [2.75, 3.05) is 11.9 Å². The highest BCUT2D eigenvalue weighted by atomic mass is 79.9. The van der Waals surface area contributed by atoms with Crippen molar-refractivity contribution >= 4 is 27.6 Å². The molecule has 1 aromatic carbocycles. The number of ketones is 1. The number of rotatable bonds is 4. The lowest BCUT2D eigenvalue weighted by Gasteiger charge is -2.07. The van der Waals surface area contributed by atoms with E-state index < -0.39 is 17.5 Å². The Bertz CT molecular complexity index is 443. The summed E-state index contributed by atoms with van der Waals surface area (Å²) in [6.45, 7) is -0.240. The number of hydrogen-bond acceptors (Lipinski definition) is 2. The summed E-state index contributed by atoms with van der Waals surface area (Å²) >= 11 is 2.90. The highest BCUT2D eigenvalue weighted by Crippen LogP contribution is 2.29. The first-order chi connectivity index (χ1) is 8.34. The highest BCUT2D eigenvalue weighted by Gasteiger charge is 2.30. The molecular formula is C11H9BrF3NO2. The van der Waals surface area contributed by atoms with Crippen LogP contribution in [0.25, 0.3) is 0 Å². The second kappa shape index (κ2) is 5.99. The van der Waals surface area contributed by atoms with E-state index in [1.54, 1.807) is 0 Å². The number of halogens is 4. The van der Waals surface area contributed by atoms with Crippen LogP contribution in [0.1, 0.15) is 15.9 Å². The quantitative estimate of drug-likeness (QED) is 0.683. The summed E-state index contributed by atoms with van der Waals surface area (Å²) in [6, 6.07) is 3.84. The molecule has 1 N–H and O–H groups in total. The fourth-order valence-corrected chi connectivity index (χ4v) is 1.37. The number of carbonyl (C=O) groups excluding carboxylic acids is 2. The second-order valence-corrected chi connectivity index (χ2v) is 3.97. The Morgan fingerprint density at radius 2 is 1.72 bits per heavy atom. The highest BCUT2D eigenvalue weighted by molar-refractivity contribution is 9.09. The van der Waals surface area contributed by atoms with Crippen LogP contribution in [0.3, 0.4) is 0 Å². The average molecular weight is 324 g/mol. The Morgan fingerprint density at radius 3 is 2.17 bits per heavy atom. The number of benzene rings is 1. The summed E-state index contributed by atoms with van der Waals surface area (Å²) in [4.78, 5) is 22.4. The predicted octanol–water partition coefficient (Wildman–Crippen LogP) is 2.40. The van der Waals surface area contributed by atoms with Gasteiger partial charge in [0.15, 0.2) is 5.78 Å². The Morgan fingerprint density at radius 1 is 1.17 bits per heavy atom. The monoisotopic (exact) mass is 323 g/mol. The van der Waals surface area contributed by atoms with Gasteiger partial charge in [0, 0.05) is 5.56 Å². The van der Waals surface area contributed by atoms with Crippen molar-refractivity contribution in [3.63, 3.8) is 0 Å². The van der Waals surface area contributed by atoms with E-state index in [-0.39, 0.29) is 23.3 Å². The summed E-state index contributed by atoms with van der Waals surface area (Å²) in [6.07, 6.45) is -4.42. The van der Waals surface area contributed by atoms with Crippen LogP contribution < -0.4 is 5.32 Å². The number of Topliss-reactive ketones (excluding diaryl/α,β-unsaturated/α-hetero) is 1. The Labute approximate surface area is 109 Å². The van der Waals surface area contributed by atoms with Crippen LogP contribution in [0.5, 0.6) is 0 Å². The van der Waals surface area contributed by atoms with Crippen molar-refractivity contribution < 1.29 is 22.8 Å². The molecule has 7 heteroatoms. The standard InChI is InChI=1S/C11H9BrF3NO2/c12-5-10(18)16-6-9(17)7-1-3-8(4-2-7)11(13,14)15/h1-4H,5-6H2,(H,16,18). The summed E-state index contributed by atoms with van der Waals surface area (Å²) in [5.41, 5.74) is -0.693. The molecule has 0 aliphatic heterocycles. The first-order valence-corrected chi connectivity index (χ1v) is 6.00. The molecule has 1 aromatic rings. The maximum absolute atomic E-state index is 12.3. The van der Waals surface area contributed by atoms with Crippen LogP contribution >= 0.6 is 15.9 Å². The third-order valence-electron chi connectivity index (χ3n) is 2.10. The van der Waals surface area contributed by atoms with E-state index in [0.29, 0.717) is 0 Å². The fraction of sp³-hybridized carbons (Fsp3) is 0.273. The zero-order chi connectivity index (χ0) is 13.8. The molecule has 0 aromatic heterocycles. The van der Waals surface area contributed by atoms with Crippen LogP contribution in [0.4, 0.5) is 13.2 Å². The van der Waals surface area contributed by atoms with Gasteiger partial charge >= 0.3 is 6.18 Å². The lowest BCUT2D eigenvalue weighted by Crippen LogP contribution is -2.30. The van der Waals surface area contributed by atoms with Crippen molar-refractivity contribution in [1.29, 1.82) is 0 Å². The first-order valence-electron chi connectivity index (χ1n) is 4.87. The minimum atomic E-state index is -4.42.